The summed E-state index contributed by atoms with van der Waals surface area (Å²) in [4.78, 5) is 13.1. The molecule has 1 amide bonds. The minimum Gasteiger partial charge on any atom is -0.489 e. The molecule has 30 heavy (non-hydrogen) atoms. The summed E-state index contributed by atoms with van der Waals surface area (Å²) < 4.78 is 21.1. The number of anilines is 1. The Bertz CT molecular complexity index is 1170. The first kappa shape index (κ1) is 20.1. The third-order valence-corrected chi connectivity index (χ3v) is 5.47. The van der Waals surface area contributed by atoms with Crippen molar-refractivity contribution < 1.29 is 13.9 Å². The average molecular weight is 442 g/mol. The van der Waals surface area contributed by atoms with E-state index in [2.05, 4.69) is 10.4 Å². The Hall–Kier alpha value is -3.16. The van der Waals surface area contributed by atoms with Gasteiger partial charge in [0.25, 0.3) is 5.91 Å². The van der Waals surface area contributed by atoms with Crippen molar-refractivity contribution in [1.29, 1.82) is 0 Å². The van der Waals surface area contributed by atoms with Crippen LogP contribution in [0, 0.1) is 5.82 Å². The summed E-state index contributed by atoms with van der Waals surface area (Å²) in [5.74, 6) is 0.145. The van der Waals surface area contributed by atoms with Gasteiger partial charge in [0.1, 0.15) is 18.2 Å². The molecule has 0 atom stereocenters. The van der Waals surface area contributed by atoms with E-state index in [4.69, 9.17) is 16.3 Å². The minimum atomic E-state index is -0.287. The van der Waals surface area contributed by atoms with Crippen LogP contribution in [0.2, 0.25) is 5.02 Å². The Morgan fingerprint density at radius 3 is 2.90 bits per heavy atom. The fourth-order valence-electron chi connectivity index (χ4n) is 2.80. The number of benzene rings is 2. The molecule has 0 aliphatic carbocycles. The highest BCUT2D eigenvalue weighted by Crippen LogP contribution is 2.21. The largest absolute Gasteiger partial charge is 0.489 e. The SMILES string of the molecule is O=C(Nc1cnn(Cc2ccccc2F)c1)c1cc(COc2cccc(Cl)c2)cs1. The zero-order valence-corrected chi connectivity index (χ0v) is 17.3. The third kappa shape index (κ3) is 5.06. The van der Waals surface area contributed by atoms with Crippen LogP contribution in [-0.4, -0.2) is 15.7 Å². The predicted octanol–water partition coefficient (Wildman–Crippen LogP) is 5.62. The maximum absolute atomic E-state index is 13.8. The van der Waals surface area contributed by atoms with Gasteiger partial charge in [-0.25, -0.2) is 4.39 Å². The molecule has 0 radical (unpaired) electrons. The lowest BCUT2D eigenvalue weighted by atomic mass is 10.2. The molecular formula is C22H17ClFN3O2S. The Kier molecular flexibility index (Phi) is 6.11. The number of nitrogens with zero attached hydrogens (tertiary/aromatic N) is 2. The zero-order chi connectivity index (χ0) is 20.9. The molecule has 0 fully saturated rings. The van der Waals surface area contributed by atoms with Gasteiger partial charge in [-0.3, -0.25) is 9.48 Å². The summed E-state index contributed by atoms with van der Waals surface area (Å²) in [6.07, 6.45) is 3.20. The van der Waals surface area contributed by atoms with Gasteiger partial charge in [-0.1, -0.05) is 35.9 Å². The van der Waals surface area contributed by atoms with E-state index >= 15 is 0 Å². The first-order chi connectivity index (χ1) is 14.6. The van der Waals surface area contributed by atoms with E-state index in [-0.39, 0.29) is 18.3 Å². The van der Waals surface area contributed by atoms with Crippen molar-refractivity contribution in [1.82, 2.24) is 9.78 Å². The van der Waals surface area contributed by atoms with Crippen LogP contribution in [0.1, 0.15) is 20.8 Å². The first-order valence-corrected chi connectivity index (χ1v) is 10.4. The quantitative estimate of drug-likeness (QED) is 0.405. The van der Waals surface area contributed by atoms with Crippen LogP contribution in [0.5, 0.6) is 5.75 Å². The van der Waals surface area contributed by atoms with Crippen molar-refractivity contribution >= 4 is 34.5 Å². The highest BCUT2D eigenvalue weighted by molar-refractivity contribution is 7.12. The summed E-state index contributed by atoms with van der Waals surface area (Å²) in [5, 5.41) is 9.47. The van der Waals surface area contributed by atoms with Gasteiger partial charge < -0.3 is 10.1 Å². The molecular weight excluding hydrogens is 425 g/mol. The molecule has 0 unspecified atom stereocenters. The zero-order valence-electron chi connectivity index (χ0n) is 15.7. The number of carbonyl (C=O) groups is 1. The van der Waals surface area contributed by atoms with Gasteiger partial charge in [0.2, 0.25) is 0 Å². The van der Waals surface area contributed by atoms with E-state index in [1.54, 1.807) is 47.3 Å². The first-order valence-electron chi connectivity index (χ1n) is 9.10. The van der Waals surface area contributed by atoms with Crippen LogP contribution in [-0.2, 0) is 13.2 Å². The second-order valence-electron chi connectivity index (χ2n) is 6.54. The highest BCUT2D eigenvalue weighted by Gasteiger charge is 2.12. The Morgan fingerprint density at radius 2 is 2.07 bits per heavy atom. The van der Waals surface area contributed by atoms with Crippen molar-refractivity contribution in [3.63, 3.8) is 0 Å². The number of hydrogen-bond donors (Lipinski definition) is 1. The van der Waals surface area contributed by atoms with Gasteiger partial charge in [-0.2, -0.15) is 5.10 Å². The number of carbonyl (C=O) groups excluding carboxylic acids is 1. The number of nitrogens with one attached hydrogen (secondary N) is 1. The lowest BCUT2D eigenvalue weighted by Crippen LogP contribution is -2.09. The fraction of sp³-hybridized carbons (Fsp3) is 0.0909. The van der Waals surface area contributed by atoms with Crippen LogP contribution in [0.25, 0.3) is 0 Å². The number of ether oxygens (including phenoxy) is 1. The Morgan fingerprint density at radius 1 is 1.20 bits per heavy atom. The highest BCUT2D eigenvalue weighted by atomic mass is 35.5. The minimum absolute atomic E-state index is 0.237. The number of aromatic nitrogens is 2. The number of thiophene rings is 1. The van der Waals surface area contributed by atoms with Gasteiger partial charge in [0.15, 0.2) is 0 Å². The van der Waals surface area contributed by atoms with E-state index < -0.39 is 0 Å². The molecule has 2 aromatic carbocycles. The molecule has 4 rings (SSSR count). The molecule has 8 heteroatoms. The summed E-state index contributed by atoms with van der Waals surface area (Å²) in [7, 11) is 0. The van der Waals surface area contributed by atoms with Crippen LogP contribution in [0.4, 0.5) is 10.1 Å². The van der Waals surface area contributed by atoms with E-state index in [0.29, 0.717) is 33.5 Å². The van der Waals surface area contributed by atoms with Gasteiger partial charge >= 0.3 is 0 Å². The van der Waals surface area contributed by atoms with Crippen LogP contribution in [0.3, 0.4) is 0 Å². The number of amides is 1. The molecule has 0 bridgehead atoms. The van der Waals surface area contributed by atoms with E-state index in [0.717, 1.165) is 5.56 Å². The molecule has 152 valence electrons. The van der Waals surface area contributed by atoms with Gasteiger partial charge in [-0.15, -0.1) is 11.3 Å². The third-order valence-electron chi connectivity index (χ3n) is 4.26. The summed E-state index contributed by atoms with van der Waals surface area (Å²) in [6, 6.07) is 15.5. The van der Waals surface area contributed by atoms with E-state index in [1.807, 2.05) is 17.5 Å². The second kappa shape index (κ2) is 9.11. The lowest BCUT2D eigenvalue weighted by Gasteiger charge is -2.04. The van der Waals surface area contributed by atoms with Crippen LogP contribution < -0.4 is 10.1 Å². The molecule has 0 spiro atoms. The van der Waals surface area contributed by atoms with Crippen molar-refractivity contribution in [3.8, 4) is 5.75 Å². The van der Waals surface area contributed by atoms with Crippen molar-refractivity contribution in [2.45, 2.75) is 13.2 Å². The number of halogens is 2. The molecule has 1 N–H and O–H groups in total. The summed E-state index contributed by atoms with van der Waals surface area (Å²) in [5.41, 5.74) is 1.96. The van der Waals surface area contributed by atoms with Gasteiger partial charge in [0.05, 0.1) is 23.3 Å². The Balaban J connectivity index is 1.34. The standard InChI is InChI=1S/C22H17ClFN3O2S/c23-17-5-3-6-19(9-17)29-13-15-8-21(30-14-15)22(28)26-18-10-25-27(12-18)11-16-4-1-2-7-20(16)24/h1-10,12,14H,11,13H2,(H,26,28). The molecule has 5 nitrogen and oxygen atoms in total. The van der Waals surface area contributed by atoms with Crippen LogP contribution in [0.15, 0.2) is 72.4 Å². The lowest BCUT2D eigenvalue weighted by molar-refractivity contribution is 0.103. The molecule has 2 heterocycles. The molecule has 4 aromatic rings. The summed E-state index contributed by atoms with van der Waals surface area (Å²) >= 11 is 7.28. The normalized spacial score (nSPS) is 10.7. The topological polar surface area (TPSA) is 56.2 Å². The summed E-state index contributed by atoms with van der Waals surface area (Å²) in [6.45, 7) is 0.622. The molecule has 0 saturated carbocycles. The molecule has 0 aliphatic heterocycles. The van der Waals surface area contributed by atoms with Crippen LogP contribution >= 0.6 is 22.9 Å². The predicted molar refractivity (Wildman–Crippen MR) is 116 cm³/mol. The van der Waals surface area contributed by atoms with Gasteiger partial charge in [0, 0.05) is 22.3 Å². The molecule has 0 saturated heterocycles. The van der Waals surface area contributed by atoms with E-state index in [1.165, 1.54) is 23.6 Å². The smallest absolute Gasteiger partial charge is 0.265 e. The maximum Gasteiger partial charge on any atom is 0.265 e. The monoisotopic (exact) mass is 441 g/mol. The number of rotatable bonds is 7. The number of hydrogen-bond acceptors (Lipinski definition) is 4. The molecule has 0 aliphatic rings. The average Bonchev–Trinajstić information content (AvgIpc) is 3.38. The maximum atomic E-state index is 13.8. The Labute approximate surface area is 181 Å². The molecule has 2 aromatic heterocycles. The van der Waals surface area contributed by atoms with Crippen molar-refractivity contribution in [3.05, 3.63) is 99.2 Å². The van der Waals surface area contributed by atoms with Gasteiger partial charge in [-0.05, 0) is 35.7 Å². The fourth-order valence-corrected chi connectivity index (χ4v) is 3.77. The van der Waals surface area contributed by atoms with Crippen molar-refractivity contribution in [2.24, 2.45) is 0 Å². The van der Waals surface area contributed by atoms with Crippen molar-refractivity contribution in [2.75, 3.05) is 5.32 Å². The second-order valence-corrected chi connectivity index (χ2v) is 7.89. The van der Waals surface area contributed by atoms with E-state index in [9.17, 15) is 9.18 Å².